The first-order valence-corrected chi connectivity index (χ1v) is 8.13. The lowest BCUT2D eigenvalue weighted by molar-refractivity contribution is 0.00625. The number of aliphatic hydroxyl groups is 2. The molecule has 1 aromatic carbocycles. The second-order valence-corrected chi connectivity index (χ2v) is 6.23. The zero-order chi connectivity index (χ0) is 14.3. The number of hydrogen-bond donors (Lipinski definition) is 2. The third kappa shape index (κ3) is 4.60. The van der Waals surface area contributed by atoms with E-state index < -0.39 is 5.60 Å². The smallest absolute Gasteiger partial charge is 0.0651 e. The third-order valence-electron chi connectivity index (χ3n) is 4.64. The van der Waals surface area contributed by atoms with Crippen molar-refractivity contribution < 1.29 is 10.2 Å². The van der Waals surface area contributed by atoms with E-state index in [0.29, 0.717) is 6.42 Å². The number of aliphatic hydroxyl groups excluding tert-OH is 1. The molecule has 1 aliphatic rings. The molecule has 2 N–H and O–H groups in total. The van der Waals surface area contributed by atoms with E-state index in [-0.39, 0.29) is 6.61 Å². The molecular weight excluding hydrogens is 248 g/mol. The number of rotatable bonds is 5. The Labute approximate surface area is 122 Å². The van der Waals surface area contributed by atoms with Crippen molar-refractivity contribution in [3.05, 3.63) is 35.4 Å². The van der Waals surface area contributed by atoms with Crippen molar-refractivity contribution in [1.29, 1.82) is 0 Å². The molecule has 2 heteroatoms. The molecular formula is C18H28O2. The van der Waals surface area contributed by atoms with Gasteiger partial charge in [0.25, 0.3) is 0 Å². The Morgan fingerprint density at radius 3 is 2.00 bits per heavy atom. The normalized spacial score (nSPS) is 19.3. The topological polar surface area (TPSA) is 40.5 Å². The van der Waals surface area contributed by atoms with Gasteiger partial charge in [-0.1, -0.05) is 56.4 Å². The van der Waals surface area contributed by atoms with Gasteiger partial charge >= 0.3 is 0 Å². The van der Waals surface area contributed by atoms with Gasteiger partial charge in [0, 0.05) is 6.61 Å². The van der Waals surface area contributed by atoms with Gasteiger partial charge in [-0.25, -0.2) is 0 Å². The van der Waals surface area contributed by atoms with E-state index in [0.717, 1.165) is 38.5 Å². The molecule has 2 rings (SSSR count). The summed E-state index contributed by atoms with van der Waals surface area (Å²) in [6, 6.07) is 8.31. The molecule has 20 heavy (non-hydrogen) atoms. The summed E-state index contributed by atoms with van der Waals surface area (Å²) in [4.78, 5) is 0. The summed E-state index contributed by atoms with van der Waals surface area (Å²) >= 11 is 0. The molecule has 0 spiro atoms. The van der Waals surface area contributed by atoms with E-state index in [2.05, 4.69) is 18.2 Å². The SMILES string of the molecule is OCCc1ccccc1CCC1(O)CCCCCCC1. The summed E-state index contributed by atoms with van der Waals surface area (Å²) in [5.74, 6) is 0. The van der Waals surface area contributed by atoms with Crippen LogP contribution in [0.4, 0.5) is 0 Å². The Kier molecular flexibility index (Phi) is 6.06. The van der Waals surface area contributed by atoms with Crippen LogP contribution >= 0.6 is 0 Å². The van der Waals surface area contributed by atoms with Gasteiger partial charge in [0.15, 0.2) is 0 Å². The number of hydrogen-bond acceptors (Lipinski definition) is 2. The molecule has 0 atom stereocenters. The van der Waals surface area contributed by atoms with E-state index in [1.165, 1.54) is 30.4 Å². The fourth-order valence-corrected chi connectivity index (χ4v) is 3.35. The first-order chi connectivity index (χ1) is 9.73. The molecule has 0 unspecified atom stereocenters. The molecule has 0 aliphatic heterocycles. The maximum Gasteiger partial charge on any atom is 0.0651 e. The van der Waals surface area contributed by atoms with Gasteiger partial charge in [-0.05, 0) is 43.2 Å². The number of aryl methyl sites for hydroxylation is 1. The number of benzene rings is 1. The molecule has 1 aliphatic carbocycles. The van der Waals surface area contributed by atoms with Crippen LogP contribution in [0.3, 0.4) is 0 Å². The van der Waals surface area contributed by atoms with E-state index in [9.17, 15) is 5.11 Å². The first-order valence-electron chi connectivity index (χ1n) is 8.13. The third-order valence-corrected chi connectivity index (χ3v) is 4.64. The van der Waals surface area contributed by atoms with Crippen molar-refractivity contribution in [2.24, 2.45) is 0 Å². The van der Waals surface area contributed by atoms with Crippen LogP contribution in [0.15, 0.2) is 24.3 Å². The van der Waals surface area contributed by atoms with E-state index in [4.69, 9.17) is 5.11 Å². The van der Waals surface area contributed by atoms with E-state index >= 15 is 0 Å². The second kappa shape index (κ2) is 7.80. The highest BCUT2D eigenvalue weighted by molar-refractivity contribution is 5.27. The highest BCUT2D eigenvalue weighted by Crippen LogP contribution is 2.30. The Balaban J connectivity index is 1.95. The monoisotopic (exact) mass is 276 g/mol. The maximum absolute atomic E-state index is 10.8. The standard InChI is InChI=1S/C18H28O2/c19-15-11-17-9-5-4-8-16(17)10-14-18(20)12-6-2-1-3-7-13-18/h4-5,8-9,19-20H,1-3,6-7,10-15H2. The van der Waals surface area contributed by atoms with E-state index in [1.807, 2.05) is 6.07 Å². The molecule has 0 radical (unpaired) electrons. The van der Waals surface area contributed by atoms with Gasteiger partial charge in [-0.2, -0.15) is 0 Å². The predicted octanol–water partition coefficient (Wildman–Crippen LogP) is 3.63. The Morgan fingerprint density at radius 1 is 0.850 bits per heavy atom. The fraction of sp³-hybridized carbons (Fsp3) is 0.667. The van der Waals surface area contributed by atoms with Crippen LogP contribution in [0.2, 0.25) is 0 Å². The van der Waals surface area contributed by atoms with Gasteiger partial charge in [0.05, 0.1) is 5.60 Å². The quantitative estimate of drug-likeness (QED) is 0.862. The van der Waals surface area contributed by atoms with Gasteiger partial charge in [-0.3, -0.25) is 0 Å². The van der Waals surface area contributed by atoms with Crippen molar-refractivity contribution in [2.45, 2.75) is 69.8 Å². The lowest BCUT2D eigenvalue weighted by Gasteiger charge is -2.30. The highest BCUT2D eigenvalue weighted by atomic mass is 16.3. The van der Waals surface area contributed by atoms with Gasteiger partial charge in [-0.15, -0.1) is 0 Å². The van der Waals surface area contributed by atoms with Crippen molar-refractivity contribution in [2.75, 3.05) is 6.61 Å². The predicted molar refractivity (Wildman–Crippen MR) is 82.8 cm³/mol. The second-order valence-electron chi connectivity index (χ2n) is 6.23. The summed E-state index contributed by atoms with van der Waals surface area (Å²) in [5.41, 5.74) is 2.05. The van der Waals surface area contributed by atoms with Crippen LogP contribution in [0.25, 0.3) is 0 Å². The van der Waals surface area contributed by atoms with Gasteiger partial charge in [0.1, 0.15) is 0 Å². The molecule has 0 heterocycles. The van der Waals surface area contributed by atoms with Crippen LogP contribution in [0.1, 0.15) is 62.5 Å². The summed E-state index contributed by atoms with van der Waals surface area (Å²) < 4.78 is 0. The minimum Gasteiger partial charge on any atom is -0.396 e. The summed E-state index contributed by atoms with van der Waals surface area (Å²) in [6.45, 7) is 0.196. The van der Waals surface area contributed by atoms with Gasteiger partial charge in [0.2, 0.25) is 0 Å². The Bertz CT molecular complexity index is 392. The first kappa shape index (κ1) is 15.5. The average Bonchev–Trinajstić information content (AvgIpc) is 2.43. The zero-order valence-corrected chi connectivity index (χ0v) is 12.5. The molecule has 1 aromatic rings. The maximum atomic E-state index is 10.8. The molecule has 0 saturated heterocycles. The Hall–Kier alpha value is -0.860. The van der Waals surface area contributed by atoms with Crippen LogP contribution in [0, 0.1) is 0 Å². The Morgan fingerprint density at radius 2 is 1.40 bits per heavy atom. The molecule has 1 saturated carbocycles. The average molecular weight is 276 g/mol. The minimum atomic E-state index is -0.466. The molecule has 0 aromatic heterocycles. The zero-order valence-electron chi connectivity index (χ0n) is 12.5. The molecule has 0 amide bonds. The lowest BCUT2D eigenvalue weighted by Crippen LogP contribution is -2.30. The van der Waals surface area contributed by atoms with Crippen molar-refractivity contribution >= 4 is 0 Å². The fourth-order valence-electron chi connectivity index (χ4n) is 3.35. The van der Waals surface area contributed by atoms with E-state index in [1.54, 1.807) is 0 Å². The molecule has 1 fully saturated rings. The molecule has 112 valence electrons. The minimum absolute atomic E-state index is 0.196. The molecule has 2 nitrogen and oxygen atoms in total. The highest BCUT2D eigenvalue weighted by Gasteiger charge is 2.26. The van der Waals surface area contributed by atoms with Crippen molar-refractivity contribution in [3.63, 3.8) is 0 Å². The van der Waals surface area contributed by atoms with Crippen molar-refractivity contribution in [1.82, 2.24) is 0 Å². The van der Waals surface area contributed by atoms with Crippen LogP contribution < -0.4 is 0 Å². The molecule has 0 bridgehead atoms. The van der Waals surface area contributed by atoms with Crippen LogP contribution in [0.5, 0.6) is 0 Å². The summed E-state index contributed by atoms with van der Waals surface area (Å²) in [5, 5.41) is 19.9. The van der Waals surface area contributed by atoms with Crippen molar-refractivity contribution in [3.8, 4) is 0 Å². The van der Waals surface area contributed by atoms with Crippen LogP contribution in [-0.4, -0.2) is 22.4 Å². The summed E-state index contributed by atoms with van der Waals surface area (Å²) in [6.07, 6.45) is 10.6. The largest absolute Gasteiger partial charge is 0.396 e. The van der Waals surface area contributed by atoms with Crippen LogP contribution in [-0.2, 0) is 12.8 Å². The van der Waals surface area contributed by atoms with Gasteiger partial charge < -0.3 is 10.2 Å². The summed E-state index contributed by atoms with van der Waals surface area (Å²) in [7, 11) is 0. The lowest BCUT2D eigenvalue weighted by atomic mass is 9.82.